The number of hydrogen-bond donors (Lipinski definition) is 1. The van der Waals surface area contributed by atoms with Gasteiger partial charge in [0.1, 0.15) is 11.4 Å². The fourth-order valence-corrected chi connectivity index (χ4v) is 1.92. The van der Waals surface area contributed by atoms with E-state index in [1.165, 1.54) is 18.4 Å². The van der Waals surface area contributed by atoms with Crippen LogP contribution in [-0.4, -0.2) is 18.2 Å². The lowest BCUT2D eigenvalue weighted by Crippen LogP contribution is -2.36. The van der Waals surface area contributed by atoms with E-state index in [2.05, 4.69) is 50.4 Å². The summed E-state index contributed by atoms with van der Waals surface area (Å²) in [7, 11) is 0. The highest BCUT2D eigenvalue weighted by Crippen LogP contribution is 2.39. The van der Waals surface area contributed by atoms with Crippen LogP contribution in [-0.2, 0) is 6.42 Å². The first-order valence-corrected chi connectivity index (χ1v) is 6.65. The van der Waals surface area contributed by atoms with Crippen molar-refractivity contribution in [1.82, 2.24) is 5.32 Å². The van der Waals surface area contributed by atoms with Gasteiger partial charge in [0, 0.05) is 12.6 Å². The lowest BCUT2D eigenvalue weighted by Gasteiger charge is -2.20. The molecule has 17 heavy (non-hydrogen) atoms. The Morgan fingerprint density at radius 2 is 2.12 bits per heavy atom. The van der Waals surface area contributed by atoms with E-state index in [1.54, 1.807) is 0 Å². The van der Waals surface area contributed by atoms with Crippen LogP contribution in [0.1, 0.15) is 39.2 Å². The van der Waals surface area contributed by atoms with E-state index in [-0.39, 0.29) is 5.60 Å². The number of ether oxygens (including phenoxy) is 1. The number of nitrogens with one attached hydrogen (secondary N) is 1. The van der Waals surface area contributed by atoms with E-state index in [1.807, 2.05) is 0 Å². The number of benzene rings is 1. The van der Waals surface area contributed by atoms with Crippen molar-refractivity contribution < 1.29 is 4.74 Å². The molecule has 1 aromatic carbocycles. The summed E-state index contributed by atoms with van der Waals surface area (Å²) in [5.74, 6) is 1.02. The molecule has 1 fully saturated rings. The van der Waals surface area contributed by atoms with Crippen LogP contribution in [0.25, 0.3) is 0 Å². The first-order valence-electron chi connectivity index (χ1n) is 6.65. The fraction of sp³-hybridized carbons (Fsp3) is 0.600. The molecule has 1 saturated carbocycles. The molecule has 0 aromatic heterocycles. The van der Waals surface area contributed by atoms with Crippen molar-refractivity contribution in [3.05, 3.63) is 29.8 Å². The van der Waals surface area contributed by atoms with Crippen molar-refractivity contribution in [2.24, 2.45) is 0 Å². The molecule has 1 aliphatic carbocycles. The Hall–Kier alpha value is -1.02. The maximum Gasteiger partial charge on any atom is 0.122 e. The quantitative estimate of drug-likeness (QED) is 0.815. The van der Waals surface area contributed by atoms with E-state index in [4.69, 9.17) is 4.74 Å². The zero-order valence-corrected chi connectivity index (χ0v) is 11.1. The van der Waals surface area contributed by atoms with Crippen LogP contribution in [0.4, 0.5) is 0 Å². The van der Waals surface area contributed by atoms with E-state index in [0.29, 0.717) is 6.04 Å². The summed E-state index contributed by atoms with van der Waals surface area (Å²) in [6.07, 6.45) is 3.40. The van der Waals surface area contributed by atoms with Gasteiger partial charge in [-0.25, -0.2) is 0 Å². The third kappa shape index (κ3) is 3.47. The normalized spacial score (nSPS) is 17.2. The van der Waals surface area contributed by atoms with Crippen LogP contribution in [0.15, 0.2) is 24.3 Å². The Labute approximate surface area is 104 Å². The van der Waals surface area contributed by atoms with Crippen LogP contribution in [0.3, 0.4) is 0 Å². The van der Waals surface area contributed by atoms with Gasteiger partial charge in [-0.15, -0.1) is 0 Å². The molecular formula is C15H23NO. The summed E-state index contributed by atoms with van der Waals surface area (Å²) in [6.45, 7) is 7.48. The number of hydrogen-bond acceptors (Lipinski definition) is 2. The van der Waals surface area contributed by atoms with Crippen molar-refractivity contribution in [2.75, 3.05) is 6.54 Å². The molecule has 0 heterocycles. The van der Waals surface area contributed by atoms with Crippen molar-refractivity contribution in [3.63, 3.8) is 0 Å². The molecule has 2 nitrogen and oxygen atoms in total. The van der Waals surface area contributed by atoms with Gasteiger partial charge in [-0.05, 0) is 37.0 Å². The predicted molar refractivity (Wildman–Crippen MR) is 71.6 cm³/mol. The molecule has 2 heteroatoms. The monoisotopic (exact) mass is 233 g/mol. The Kier molecular flexibility index (Phi) is 3.72. The summed E-state index contributed by atoms with van der Waals surface area (Å²) in [5.41, 5.74) is 1.41. The fourth-order valence-electron chi connectivity index (χ4n) is 1.92. The molecule has 0 saturated heterocycles. The summed E-state index contributed by atoms with van der Waals surface area (Å²) in [4.78, 5) is 0. The molecule has 0 amide bonds. The van der Waals surface area contributed by atoms with E-state index >= 15 is 0 Å². The standard InChI is InChI=1S/C15H23NO/c1-4-13-6-5-7-14(10-13)17-15(8-9-15)11-16-12(2)3/h5-7,10,12,16H,4,8-9,11H2,1-3H3. The maximum absolute atomic E-state index is 6.14. The molecule has 0 bridgehead atoms. The van der Waals surface area contributed by atoms with Crippen LogP contribution >= 0.6 is 0 Å². The third-order valence-electron chi connectivity index (χ3n) is 3.28. The topological polar surface area (TPSA) is 21.3 Å². The Morgan fingerprint density at radius 1 is 1.35 bits per heavy atom. The molecule has 1 aromatic rings. The van der Waals surface area contributed by atoms with Gasteiger partial charge in [0.25, 0.3) is 0 Å². The van der Waals surface area contributed by atoms with Crippen molar-refractivity contribution in [3.8, 4) is 5.75 Å². The van der Waals surface area contributed by atoms with Crippen LogP contribution < -0.4 is 10.1 Å². The Morgan fingerprint density at radius 3 is 2.71 bits per heavy atom. The van der Waals surface area contributed by atoms with E-state index in [9.17, 15) is 0 Å². The van der Waals surface area contributed by atoms with Gasteiger partial charge < -0.3 is 10.1 Å². The maximum atomic E-state index is 6.14. The number of aryl methyl sites for hydroxylation is 1. The van der Waals surface area contributed by atoms with E-state index < -0.39 is 0 Å². The van der Waals surface area contributed by atoms with Gasteiger partial charge in [-0.1, -0.05) is 32.9 Å². The molecule has 94 valence electrons. The molecule has 2 rings (SSSR count). The zero-order valence-electron chi connectivity index (χ0n) is 11.1. The molecule has 1 N–H and O–H groups in total. The average Bonchev–Trinajstić information content (AvgIpc) is 3.07. The number of rotatable bonds is 6. The first kappa shape index (κ1) is 12.4. The highest BCUT2D eigenvalue weighted by molar-refractivity contribution is 5.30. The minimum Gasteiger partial charge on any atom is -0.486 e. The molecule has 1 aliphatic rings. The van der Waals surface area contributed by atoms with Gasteiger partial charge in [0.15, 0.2) is 0 Å². The highest BCUT2D eigenvalue weighted by atomic mass is 16.5. The third-order valence-corrected chi connectivity index (χ3v) is 3.28. The van der Waals surface area contributed by atoms with Crippen molar-refractivity contribution in [2.45, 2.75) is 51.7 Å². The summed E-state index contributed by atoms with van der Waals surface area (Å²) >= 11 is 0. The van der Waals surface area contributed by atoms with Crippen molar-refractivity contribution in [1.29, 1.82) is 0 Å². The largest absolute Gasteiger partial charge is 0.486 e. The van der Waals surface area contributed by atoms with Gasteiger partial charge in [0.2, 0.25) is 0 Å². The van der Waals surface area contributed by atoms with E-state index in [0.717, 1.165) is 18.7 Å². The van der Waals surface area contributed by atoms with Gasteiger partial charge >= 0.3 is 0 Å². The molecule has 0 unspecified atom stereocenters. The van der Waals surface area contributed by atoms with Gasteiger partial charge in [-0.3, -0.25) is 0 Å². The highest BCUT2D eigenvalue weighted by Gasteiger charge is 2.45. The minimum atomic E-state index is 0.0661. The first-order chi connectivity index (χ1) is 8.13. The average molecular weight is 233 g/mol. The molecule has 0 aliphatic heterocycles. The Bertz CT molecular complexity index is 369. The summed E-state index contributed by atoms with van der Waals surface area (Å²) in [6, 6.07) is 8.99. The minimum absolute atomic E-state index is 0.0661. The predicted octanol–water partition coefficient (Wildman–Crippen LogP) is 3.16. The lowest BCUT2D eigenvalue weighted by atomic mass is 10.1. The van der Waals surface area contributed by atoms with Crippen LogP contribution in [0.5, 0.6) is 5.75 Å². The van der Waals surface area contributed by atoms with Gasteiger partial charge in [-0.2, -0.15) is 0 Å². The summed E-state index contributed by atoms with van der Waals surface area (Å²) < 4.78 is 6.14. The van der Waals surface area contributed by atoms with Crippen molar-refractivity contribution >= 4 is 0 Å². The lowest BCUT2D eigenvalue weighted by molar-refractivity contribution is 0.172. The zero-order chi connectivity index (χ0) is 12.3. The second-order valence-corrected chi connectivity index (χ2v) is 5.32. The molecule has 0 atom stereocenters. The van der Waals surface area contributed by atoms with Gasteiger partial charge in [0.05, 0.1) is 0 Å². The molecule has 0 radical (unpaired) electrons. The second-order valence-electron chi connectivity index (χ2n) is 5.32. The Balaban J connectivity index is 1.95. The smallest absolute Gasteiger partial charge is 0.122 e. The van der Waals surface area contributed by atoms with Crippen LogP contribution in [0.2, 0.25) is 0 Å². The SMILES string of the molecule is CCc1cccc(OC2(CNC(C)C)CC2)c1. The second kappa shape index (κ2) is 5.09. The summed E-state index contributed by atoms with van der Waals surface area (Å²) in [5, 5.41) is 3.47. The molecule has 0 spiro atoms. The molecular weight excluding hydrogens is 210 g/mol. The van der Waals surface area contributed by atoms with Crippen LogP contribution in [0, 0.1) is 0 Å².